The van der Waals surface area contributed by atoms with E-state index in [1.807, 2.05) is 6.08 Å². The van der Waals surface area contributed by atoms with Gasteiger partial charge in [0.1, 0.15) is 5.78 Å². The second kappa shape index (κ2) is 3.67. The van der Waals surface area contributed by atoms with Gasteiger partial charge in [0.15, 0.2) is 5.79 Å². The first-order valence-corrected chi connectivity index (χ1v) is 6.25. The van der Waals surface area contributed by atoms with Gasteiger partial charge < -0.3 is 9.47 Å². The molecule has 2 fully saturated rings. The van der Waals surface area contributed by atoms with E-state index >= 15 is 0 Å². The van der Waals surface area contributed by atoms with E-state index < -0.39 is 5.79 Å². The van der Waals surface area contributed by atoms with Crippen molar-refractivity contribution in [1.29, 1.82) is 0 Å². The number of carbonyl (C=O) groups excluding carboxylic acids is 1. The molecule has 3 heteroatoms. The minimum absolute atomic E-state index is 0.316. The Bertz CT molecular complexity index is 328. The zero-order valence-corrected chi connectivity index (χ0v) is 9.54. The molecule has 1 heterocycles. The Balaban J connectivity index is 2.01. The summed E-state index contributed by atoms with van der Waals surface area (Å²) in [5.74, 6) is -0.274. The van der Waals surface area contributed by atoms with E-state index in [1.54, 1.807) is 0 Å². The van der Waals surface area contributed by atoms with Crippen LogP contribution in [0.15, 0.2) is 12.2 Å². The smallest absolute Gasteiger partial charge is 0.181 e. The molecular weight excluding hydrogens is 204 g/mol. The molecule has 0 aromatic carbocycles. The summed E-state index contributed by atoms with van der Waals surface area (Å²) in [6.07, 6.45) is 9.49. The molecule has 0 aromatic heterocycles. The van der Waals surface area contributed by atoms with Gasteiger partial charge >= 0.3 is 0 Å². The predicted octanol–water partition coefficient (Wildman–Crippen LogP) is 2.21. The Kier molecular flexibility index (Phi) is 2.41. The van der Waals surface area contributed by atoms with Crippen molar-refractivity contribution in [3.8, 4) is 0 Å². The molecule has 3 rings (SSSR count). The van der Waals surface area contributed by atoms with Crippen LogP contribution < -0.4 is 0 Å². The molecule has 1 saturated heterocycles. The van der Waals surface area contributed by atoms with Crippen LogP contribution in [0.2, 0.25) is 0 Å². The Morgan fingerprint density at radius 1 is 1.06 bits per heavy atom. The van der Waals surface area contributed by atoms with Gasteiger partial charge in [-0.05, 0) is 19.3 Å². The summed E-state index contributed by atoms with van der Waals surface area (Å²) in [5.41, 5.74) is -0.378. The van der Waals surface area contributed by atoms with E-state index in [9.17, 15) is 4.79 Å². The monoisotopic (exact) mass is 222 g/mol. The fraction of sp³-hybridized carbons (Fsp3) is 0.769. The predicted molar refractivity (Wildman–Crippen MR) is 58.9 cm³/mol. The Labute approximate surface area is 95.8 Å². The van der Waals surface area contributed by atoms with Crippen LogP contribution in [0.4, 0.5) is 0 Å². The fourth-order valence-corrected chi connectivity index (χ4v) is 3.48. The third kappa shape index (κ3) is 1.25. The third-order valence-corrected chi connectivity index (χ3v) is 4.31. The highest BCUT2D eigenvalue weighted by molar-refractivity contribution is 5.88. The highest BCUT2D eigenvalue weighted by Gasteiger charge is 2.60. The van der Waals surface area contributed by atoms with Gasteiger partial charge in [-0.15, -0.1) is 0 Å². The van der Waals surface area contributed by atoms with Crippen molar-refractivity contribution >= 4 is 5.78 Å². The molecule has 0 bridgehead atoms. The molecule has 1 unspecified atom stereocenters. The average molecular weight is 222 g/mol. The van der Waals surface area contributed by atoms with Crippen LogP contribution in [0, 0.1) is 5.41 Å². The number of ketones is 1. The highest BCUT2D eigenvalue weighted by atomic mass is 16.7. The number of Topliss-reactive ketones (excluding diaryl/α,β-unsaturated/α-hetero) is 1. The Morgan fingerprint density at radius 2 is 1.81 bits per heavy atom. The number of hydrogen-bond acceptors (Lipinski definition) is 3. The maximum Gasteiger partial charge on any atom is 0.181 e. The van der Waals surface area contributed by atoms with Crippen LogP contribution in [-0.2, 0) is 14.3 Å². The highest BCUT2D eigenvalue weighted by Crippen LogP contribution is 2.53. The molecule has 1 aliphatic heterocycles. The van der Waals surface area contributed by atoms with E-state index in [0.29, 0.717) is 25.4 Å². The molecule has 0 aromatic rings. The minimum Gasteiger partial charge on any atom is -0.346 e. The molecule has 3 aliphatic rings. The van der Waals surface area contributed by atoms with E-state index in [1.165, 1.54) is 0 Å². The molecular formula is C13H18O3. The summed E-state index contributed by atoms with van der Waals surface area (Å²) >= 11 is 0. The normalized spacial score (nSPS) is 37.4. The summed E-state index contributed by atoms with van der Waals surface area (Å²) in [6, 6.07) is 0. The number of allylic oxidation sites excluding steroid dienone is 2. The number of hydrogen-bond donors (Lipinski definition) is 0. The molecule has 1 atom stereocenters. The van der Waals surface area contributed by atoms with Gasteiger partial charge in [0, 0.05) is 12.8 Å². The van der Waals surface area contributed by atoms with Crippen LogP contribution in [0.1, 0.15) is 38.5 Å². The fourth-order valence-electron chi connectivity index (χ4n) is 3.48. The number of rotatable bonds is 0. The largest absolute Gasteiger partial charge is 0.346 e. The van der Waals surface area contributed by atoms with Crippen molar-refractivity contribution in [3.05, 3.63) is 12.2 Å². The Hall–Kier alpha value is -0.670. The average Bonchev–Trinajstić information content (AvgIpc) is 2.76. The van der Waals surface area contributed by atoms with Crippen molar-refractivity contribution in [3.63, 3.8) is 0 Å². The topological polar surface area (TPSA) is 35.5 Å². The lowest BCUT2D eigenvalue weighted by Gasteiger charge is -2.49. The summed E-state index contributed by atoms with van der Waals surface area (Å²) in [6.45, 7) is 1.28. The van der Waals surface area contributed by atoms with Crippen molar-refractivity contribution < 1.29 is 14.3 Å². The van der Waals surface area contributed by atoms with Crippen molar-refractivity contribution in [2.45, 2.75) is 44.3 Å². The van der Waals surface area contributed by atoms with Crippen LogP contribution >= 0.6 is 0 Å². The summed E-state index contributed by atoms with van der Waals surface area (Å²) < 4.78 is 11.7. The SMILES string of the molecule is O=C1CC=CCC12CCCCC21OCCO1. The lowest BCUT2D eigenvalue weighted by molar-refractivity contribution is -0.249. The van der Waals surface area contributed by atoms with Gasteiger partial charge in [-0.1, -0.05) is 18.6 Å². The maximum absolute atomic E-state index is 12.3. The van der Waals surface area contributed by atoms with Gasteiger partial charge in [-0.2, -0.15) is 0 Å². The van der Waals surface area contributed by atoms with Gasteiger partial charge in [-0.3, -0.25) is 4.79 Å². The van der Waals surface area contributed by atoms with E-state index in [2.05, 4.69) is 6.08 Å². The van der Waals surface area contributed by atoms with Crippen molar-refractivity contribution in [1.82, 2.24) is 0 Å². The molecule has 1 saturated carbocycles. The minimum atomic E-state index is -0.590. The zero-order chi connectivity index (χ0) is 11.1. The summed E-state index contributed by atoms with van der Waals surface area (Å²) in [4.78, 5) is 12.3. The van der Waals surface area contributed by atoms with Gasteiger partial charge in [0.25, 0.3) is 0 Å². The summed E-state index contributed by atoms with van der Waals surface area (Å²) in [5, 5.41) is 0. The Morgan fingerprint density at radius 3 is 2.56 bits per heavy atom. The maximum atomic E-state index is 12.3. The first-order valence-electron chi connectivity index (χ1n) is 6.25. The third-order valence-electron chi connectivity index (χ3n) is 4.31. The van der Waals surface area contributed by atoms with Crippen molar-refractivity contribution in [2.24, 2.45) is 5.41 Å². The van der Waals surface area contributed by atoms with Gasteiger partial charge in [0.2, 0.25) is 0 Å². The number of ether oxygens (including phenoxy) is 2. The lowest BCUT2D eigenvalue weighted by Crippen LogP contribution is -2.56. The molecule has 2 aliphatic carbocycles. The van der Waals surface area contributed by atoms with Crippen LogP contribution in [-0.4, -0.2) is 24.8 Å². The molecule has 0 radical (unpaired) electrons. The quantitative estimate of drug-likeness (QED) is 0.589. The standard InChI is InChI=1S/C13H18O3/c14-11-5-1-2-6-12(11)7-3-4-8-13(12)15-9-10-16-13/h1-2H,3-10H2. The molecule has 2 spiro atoms. The van der Waals surface area contributed by atoms with Crippen LogP contribution in [0.3, 0.4) is 0 Å². The molecule has 0 N–H and O–H groups in total. The molecule has 3 nitrogen and oxygen atoms in total. The van der Waals surface area contributed by atoms with E-state index in [4.69, 9.17) is 9.47 Å². The first-order chi connectivity index (χ1) is 7.79. The zero-order valence-electron chi connectivity index (χ0n) is 9.54. The second-order valence-corrected chi connectivity index (χ2v) is 5.04. The molecule has 88 valence electrons. The van der Waals surface area contributed by atoms with Crippen molar-refractivity contribution in [2.75, 3.05) is 13.2 Å². The van der Waals surface area contributed by atoms with E-state index in [-0.39, 0.29) is 5.41 Å². The molecule has 0 amide bonds. The van der Waals surface area contributed by atoms with Gasteiger partial charge in [0.05, 0.1) is 18.6 Å². The van der Waals surface area contributed by atoms with E-state index in [0.717, 1.165) is 32.1 Å². The van der Waals surface area contributed by atoms with Gasteiger partial charge in [-0.25, -0.2) is 0 Å². The number of carbonyl (C=O) groups is 1. The first kappa shape index (κ1) is 10.5. The lowest BCUT2D eigenvalue weighted by atomic mass is 9.62. The van der Waals surface area contributed by atoms with Crippen LogP contribution in [0.5, 0.6) is 0 Å². The number of fused-ring (bicyclic) bond motifs is 1. The summed E-state index contributed by atoms with van der Waals surface area (Å²) in [7, 11) is 0. The van der Waals surface area contributed by atoms with Crippen LogP contribution in [0.25, 0.3) is 0 Å². The molecule has 16 heavy (non-hydrogen) atoms. The second-order valence-electron chi connectivity index (χ2n) is 5.04.